The van der Waals surface area contributed by atoms with Crippen LogP contribution in [0.15, 0.2) is 60.8 Å². The molecule has 0 fully saturated rings. The molecule has 6 heteroatoms. The lowest BCUT2D eigenvalue weighted by atomic mass is 10.1. The van der Waals surface area contributed by atoms with Gasteiger partial charge in [0.05, 0.1) is 0 Å². The third kappa shape index (κ3) is 5.53. The second-order valence-electron chi connectivity index (χ2n) is 6.08. The van der Waals surface area contributed by atoms with Gasteiger partial charge in [-0.05, 0) is 54.3 Å². The summed E-state index contributed by atoms with van der Waals surface area (Å²) in [6.07, 6.45) is 3.32. The van der Waals surface area contributed by atoms with Crippen LogP contribution in [0.5, 0.6) is 0 Å². The Morgan fingerprint density at radius 1 is 1.07 bits per heavy atom. The Labute approximate surface area is 163 Å². The van der Waals surface area contributed by atoms with Gasteiger partial charge in [0.2, 0.25) is 5.95 Å². The molecule has 27 heavy (non-hydrogen) atoms. The molecule has 5 nitrogen and oxygen atoms in total. The average Bonchev–Trinajstić information content (AvgIpc) is 2.69. The van der Waals surface area contributed by atoms with Crippen LogP contribution >= 0.6 is 11.6 Å². The minimum Gasteiger partial charge on any atom is -0.354 e. The number of aryl methyl sites for hydroxylation is 1. The van der Waals surface area contributed by atoms with Crippen molar-refractivity contribution in [2.24, 2.45) is 0 Å². The zero-order valence-electron chi connectivity index (χ0n) is 15.1. The smallest absolute Gasteiger partial charge is 0.274 e. The zero-order chi connectivity index (χ0) is 19.1. The summed E-state index contributed by atoms with van der Waals surface area (Å²) in [5.74, 6) is 0.158. The molecule has 3 aromatic rings. The van der Waals surface area contributed by atoms with E-state index in [2.05, 4.69) is 27.5 Å². The van der Waals surface area contributed by atoms with Crippen molar-refractivity contribution in [3.63, 3.8) is 0 Å². The largest absolute Gasteiger partial charge is 0.354 e. The highest BCUT2D eigenvalue weighted by Crippen LogP contribution is 2.13. The Hall–Kier alpha value is -2.92. The quantitative estimate of drug-likeness (QED) is 0.628. The SMILES string of the molecule is CCc1ccc(NC(=O)c2ccnc(NCCc3cccc(Cl)c3)n2)cc1. The second-order valence-corrected chi connectivity index (χ2v) is 6.51. The van der Waals surface area contributed by atoms with Crippen molar-refractivity contribution in [2.75, 3.05) is 17.2 Å². The summed E-state index contributed by atoms with van der Waals surface area (Å²) in [6.45, 7) is 2.74. The van der Waals surface area contributed by atoms with Crippen molar-refractivity contribution in [3.05, 3.63) is 82.6 Å². The van der Waals surface area contributed by atoms with E-state index in [1.807, 2.05) is 48.5 Å². The number of amides is 1. The van der Waals surface area contributed by atoms with E-state index in [1.165, 1.54) is 5.56 Å². The van der Waals surface area contributed by atoms with Gasteiger partial charge >= 0.3 is 0 Å². The van der Waals surface area contributed by atoms with Gasteiger partial charge in [0.15, 0.2) is 0 Å². The third-order valence-electron chi connectivity index (χ3n) is 4.09. The van der Waals surface area contributed by atoms with Gasteiger partial charge in [-0.15, -0.1) is 0 Å². The van der Waals surface area contributed by atoms with Crippen LogP contribution in [0.25, 0.3) is 0 Å². The molecule has 0 aliphatic carbocycles. The van der Waals surface area contributed by atoms with Crippen LogP contribution in [0.1, 0.15) is 28.5 Å². The molecule has 0 aliphatic heterocycles. The molecule has 138 valence electrons. The molecule has 1 aromatic heterocycles. The lowest BCUT2D eigenvalue weighted by Gasteiger charge is -2.08. The van der Waals surface area contributed by atoms with Gasteiger partial charge in [-0.1, -0.05) is 42.8 Å². The minimum absolute atomic E-state index is 0.264. The van der Waals surface area contributed by atoms with E-state index in [-0.39, 0.29) is 5.91 Å². The molecule has 2 N–H and O–H groups in total. The highest BCUT2D eigenvalue weighted by molar-refractivity contribution is 6.30. The van der Waals surface area contributed by atoms with Gasteiger partial charge < -0.3 is 10.6 Å². The van der Waals surface area contributed by atoms with Crippen LogP contribution in [-0.2, 0) is 12.8 Å². The molecular weight excluding hydrogens is 360 g/mol. The number of hydrogen-bond acceptors (Lipinski definition) is 4. The molecule has 1 amide bonds. The van der Waals surface area contributed by atoms with Crippen molar-refractivity contribution < 1.29 is 4.79 Å². The molecule has 0 radical (unpaired) electrons. The number of aromatic nitrogens is 2. The zero-order valence-corrected chi connectivity index (χ0v) is 15.8. The van der Waals surface area contributed by atoms with Crippen molar-refractivity contribution in [1.29, 1.82) is 0 Å². The molecule has 0 unspecified atom stereocenters. The fraction of sp³-hybridized carbons (Fsp3) is 0.190. The maximum atomic E-state index is 12.4. The molecule has 0 bridgehead atoms. The monoisotopic (exact) mass is 380 g/mol. The summed E-state index contributed by atoms with van der Waals surface area (Å²) in [4.78, 5) is 20.9. The molecule has 0 saturated carbocycles. The van der Waals surface area contributed by atoms with E-state index in [9.17, 15) is 4.79 Å². The Morgan fingerprint density at radius 2 is 1.89 bits per heavy atom. The van der Waals surface area contributed by atoms with E-state index in [0.717, 1.165) is 29.1 Å². The molecule has 0 spiro atoms. The Bertz CT molecular complexity index is 912. The fourth-order valence-corrected chi connectivity index (χ4v) is 2.81. The van der Waals surface area contributed by atoms with E-state index in [4.69, 9.17) is 11.6 Å². The van der Waals surface area contributed by atoms with Gasteiger partial charge in [-0.2, -0.15) is 0 Å². The fourth-order valence-electron chi connectivity index (χ4n) is 2.60. The molecular formula is C21H21ClN4O. The number of benzene rings is 2. The van der Waals surface area contributed by atoms with Crippen LogP contribution in [0.4, 0.5) is 11.6 Å². The van der Waals surface area contributed by atoms with Crippen molar-refractivity contribution in [3.8, 4) is 0 Å². The van der Waals surface area contributed by atoms with Crippen molar-refractivity contribution in [2.45, 2.75) is 19.8 Å². The molecule has 0 atom stereocenters. The maximum absolute atomic E-state index is 12.4. The lowest BCUT2D eigenvalue weighted by Crippen LogP contribution is -2.16. The van der Waals surface area contributed by atoms with Gasteiger partial charge in [0, 0.05) is 23.5 Å². The lowest BCUT2D eigenvalue weighted by molar-refractivity contribution is 0.102. The molecule has 3 rings (SSSR count). The number of rotatable bonds is 7. The van der Waals surface area contributed by atoms with Gasteiger partial charge in [0.1, 0.15) is 5.69 Å². The molecule has 0 saturated heterocycles. The van der Waals surface area contributed by atoms with Crippen LogP contribution in [0.3, 0.4) is 0 Å². The molecule has 1 heterocycles. The summed E-state index contributed by atoms with van der Waals surface area (Å²) in [5.41, 5.74) is 3.40. The first-order valence-electron chi connectivity index (χ1n) is 8.85. The second kappa shape index (κ2) is 9.14. The first-order chi connectivity index (χ1) is 13.1. The van der Waals surface area contributed by atoms with Crippen LogP contribution < -0.4 is 10.6 Å². The topological polar surface area (TPSA) is 66.9 Å². The summed E-state index contributed by atoms with van der Waals surface area (Å²) >= 11 is 5.99. The number of nitrogens with one attached hydrogen (secondary N) is 2. The van der Waals surface area contributed by atoms with Gasteiger partial charge in [-0.25, -0.2) is 9.97 Å². The van der Waals surface area contributed by atoms with E-state index in [0.29, 0.717) is 18.2 Å². The normalized spacial score (nSPS) is 10.4. The predicted molar refractivity (Wildman–Crippen MR) is 109 cm³/mol. The minimum atomic E-state index is -0.264. The third-order valence-corrected chi connectivity index (χ3v) is 4.33. The summed E-state index contributed by atoms with van der Waals surface area (Å²) in [5, 5.41) is 6.71. The maximum Gasteiger partial charge on any atom is 0.274 e. The highest BCUT2D eigenvalue weighted by atomic mass is 35.5. The van der Waals surface area contributed by atoms with Crippen LogP contribution in [0.2, 0.25) is 5.02 Å². The van der Waals surface area contributed by atoms with Gasteiger partial charge in [-0.3, -0.25) is 4.79 Å². The predicted octanol–water partition coefficient (Wildman–Crippen LogP) is 4.60. The van der Waals surface area contributed by atoms with Crippen LogP contribution in [0, 0.1) is 0 Å². The Balaban J connectivity index is 1.58. The van der Waals surface area contributed by atoms with E-state index < -0.39 is 0 Å². The standard InChI is InChI=1S/C21H21ClN4O/c1-2-15-6-8-18(9-7-15)25-20(27)19-11-13-24-21(26-19)23-12-10-16-4-3-5-17(22)14-16/h3-9,11,13-14H,2,10,12H2,1H3,(H,25,27)(H,23,24,26). The van der Waals surface area contributed by atoms with Crippen molar-refractivity contribution >= 4 is 29.1 Å². The highest BCUT2D eigenvalue weighted by Gasteiger charge is 2.09. The van der Waals surface area contributed by atoms with Crippen molar-refractivity contribution in [1.82, 2.24) is 9.97 Å². The summed E-state index contributed by atoms with van der Waals surface area (Å²) in [6, 6.07) is 17.1. The average molecular weight is 381 g/mol. The first-order valence-corrected chi connectivity index (χ1v) is 9.23. The van der Waals surface area contributed by atoms with E-state index in [1.54, 1.807) is 12.3 Å². The number of nitrogens with zero attached hydrogens (tertiary/aromatic N) is 2. The Kier molecular flexibility index (Phi) is 6.39. The summed E-state index contributed by atoms with van der Waals surface area (Å²) < 4.78 is 0. The van der Waals surface area contributed by atoms with Crippen LogP contribution in [-0.4, -0.2) is 22.4 Å². The number of halogens is 1. The number of carbonyl (C=O) groups is 1. The number of hydrogen-bond donors (Lipinski definition) is 2. The molecule has 0 aliphatic rings. The number of carbonyl (C=O) groups excluding carboxylic acids is 1. The molecule has 2 aromatic carbocycles. The van der Waals surface area contributed by atoms with E-state index >= 15 is 0 Å². The first kappa shape index (κ1) is 18.9. The summed E-state index contributed by atoms with van der Waals surface area (Å²) in [7, 11) is 0. The Morgan fingerprint density at radius 3 is 2.63 bits per heavy atom. The van der Waals surface area contributed by atoms with Gasteiger partial charge in [0.25, 0.3) is 5.91 Å². The number of anilines is 2.